The Balaban J connectivity index is 1.80. The molecule has 1 fully saturated rings. The van der Waals surface area contributed by atoms with Crippen LogP contribution in [0.3, 0.4) is 0 Å². The summed E-state index contributed by atoms with van der Waals surface area (Å²) in [6.45, 7) is 0. The van der Waals surface area contributed by atoms with Gasteiger partial charge in [0.05, 0.1) is 37.4 Å². The second-order valence-electron chi connectivity index (χ2n) is 6.94. The third kappa shape index (κ3) is 4.19. The highest BCUT2D eigenvalue weighted by Gasteiger charge is 2.24. The number of hydrogen-bond donors (Lipinski definition) is 1. The molecular formula is C23H21N3O5S. The average molecular weight is 452 g/mol. The predicted octanol–water partition coefficient (Wildman–Crippen LogP) is 4.09. The summed E-state index contributed by atoms with van der Waals surface area (Å²) in [6, 6.07) is 12.5. The fraction of sp³-hybridized carbons (Fsp3) is 0.174. The number of aliphatic imine (C=N–C) groups is 1. The number of nitrogens with one attached hydrogen (secondary N) is 1. The molecule has 1 saturated heterocycles. The molecular weight excluding hydrogens is 430 g/mol. The Morgan fingerprint density at radius 1 is 0.938 bits per heavy atom. The van der Waals surface area contributed by atoms with Crippen LogP contribution >= 0.6 is 11.8 Å². The van der Waals surface area contributed by atoms with Crippen molar-refractivity contribution in [3.05, 3.63) is 63.3 Å². The van der Waals surface area contributed by atoms with Crippen LogP contribution in [0.4, 0.5) is 10.5 Å². The molecule has 2 heterocycles. The van der Waals surface area contributed by atoms with Crippen molar-refractivity contribution in [2.75, 3.05) is 21.3 Å². The maximum absolute atomic E-state index is 13.0. The molecule has 0 radical (unpaired) electrons. The van der Waals surface area contributed by atoms with Crippen molar-refractivity contribution in [3.8, 4) is 17.2 Å². The summed E-state index contributed by atoms with van der Waals surface area (Å²) in [5.74, 6) is 2.17. The van der Waals surface area contributed by atoms with Crippen molar-refractivity contribution in [1.82, 2.24) is 9.88 Å². The van der Waals surface area contributed by atoms with E-state index in [0.29, 0.717) is 39.2 Å². The van der Waals surface area contributed by atoms with Crippen molar-refractivity contribution in [2.24, 2.45) is 12.0 Å². The molecule has 2 aromatic carbocycles. The van der Waals surface area contributed by atoms with Gasteiger partial charge in [0.25, 0.3) is 10.8 Å². The van der Waals surface area contributed by atoms with E-state index >= 15 is 0 Å². The van der Waals surface area contributed by atoms with Gasteiger partial charge in [-0.1, -0.05) is 0 Å². The molecule has 1 N–H and O–H groups in total. The molecule has 9 heteroatoms. The number of nitrogens with zero attached hydrogens (tertiary/aromatic N) is 2. The number of aryl methyl sites for hydroxylation is 1. The third-order valence-electron chi connectivity index (χ3n) is 4.98. The Hall–Kier alpha value is -3.72. The van der Waals surface area contributed by atoms with Gasteiger partial charge >= 0.3 is 0 Å². The lowest BCUT2D eigenvalue weighted by molar-refractivity contribution is 0.265. The smallest absolute Gasteiger partial charge is 0.289 e. The summed E-state index contributed by atoms with van der Waals surface area (Å²) < 4.78 is 17.4. The Bertz CT molecular complexity index is 1320. The van der Waals surface area contributed by atoms with Gasteiger partial charge in [0.15, 0.2) is 0 Å². The summed E-state index contributed by atoms with van der Waals surface area (Å²) in [5.41, 5.74) is 1.55. The fourth-order valence-corrected chi connectivity index (χ4v) is 4.07. The molecule has 0 saturated carbocycles. The summed E-state index contributed by atoms with van der Waals surface area (Å²) in [5, 5.41) is 3.33. The van der Waals surface area contributed by atoms with Crippen molar-refractivity contribution in [1.29, 1.82) is 0 Å². The first-order valence-corrected chi connectivity index (χ1v) is 10.4. The van der Waals surface area contributed by atoms with Gasteiger partial charge in [0, 0.05) is 36.9 Å². The summed E-state index contributed by atoms with van der Waals surface area (Å²) >= 11 is 0.983. The molecule has 0 aliphatic carbocycles. The third-order valence-corrected chi connectivity index (χ3v) is 5.80. The van der Waals surface area contributed by atoms with Gasteiger partial charge in [-0.25, -0.2) is 4.99 Å². The number of rotatable bonds is 5. The van der Waals surface area contributed by atoms with Crippen LogP contribution in [0.2, 0.25) is 0 Å². The predicted molar refractivity (Wildman–Crippen MR) is 126 cm³/mol. The minimum atomic E-state index is -0.271. The van der Waals surface area contributed by atoms with E-state index in [2.05, 4.69) is 10.3 Å². The Morgan fingerprint density at radius 2 is 1.62 bits per heavy atom. The molecule has 0 atom stereocenters. The Morgan fingerprint density at radius 3 is 2.28 bits per heavy atom. The van der Waals surface area contributed by atoms with Gasteiger partial charge in [0.1, 0.15) is 23.1 Å². The molecule has 0 spiro atoms. The van der Waals surface area contributed by atoms with Crippen molar-refractivity contribution in [3.63, 3.8) is 0 Å². The van der Waals surface area contributed by atoms with Gasteiger partial charge < -0.3 is 24.1 Å². The zero-order valence-electron chi connectivity index (χ0n) is 18.0. The van der Waals surface area contributed by atoms with Gasteiger partial charge in [-0.15, -0.1) is 0 Å². The van der Waals surface area contributed by atoms with E-state index in [1.165, 1.54) is 0 Å². The highest BCUT2D eigenvalue weighted by atomic mass is 32.2. The van der Waals surface area contributed by atoms with Crippen LogP contribution < -0.4 is 25.1 Å². The zero-order chi connectivity index (χ0) is 22.8. The minimum absolute atomic E-state index is 0.194. The maximum Gasteiger partial charge on any atom is 0.289 e. The lowest BCUT2D eigenvalue weighted by Crippen LogP contribution is -2.21. The van der Waals surface area contributed by atoms with E-state index < -0.39 is 0 Å². The van der Waals surface area contributed by atoms with E-state index in [1.807, 2.05) is 18.2 Å². The number of carbonyl (C=O) groups is 1. The van der Waals surface area contributed by atoms with E-state index in [4.69, 9.17) is 14.2 Å². The number of hydrogen-bond acceptors (Lipinski definition) is 7. The van der Waals surface area contributed by atoms with Gasteiger partial charge in [-0.05, 0) is 41.4 Å². The molecule has 3 aromatic rings. The van der Waals surface area contributed by atoms with Crippen molar-refractivity contribution in [2.45, 2.75) is 0 Å². The number of aromatic nitrogens is 1. The number of amides is 1. The highest BCUT2D eigenvalue weighted by molar-refractivity contribution is 8.18. The number of fused-ring (bicyclic) bond motifs is 1. The second-order valence-corrected chi connectivity index (χ2v) is 7.96. The number of amidine groups is 1. The molecule has 0 bridgehead atoms. The largest absolute Gasteiger partial charge is 0.497 e. The lowest BCUT2D eigenvalue weighted by Gasteiger charge is -2.09. The molecule has 32 heavy (non-hydrogen) atoms. The van der Waals surface area contributed by atoms with Gasteiger partial charge in [-0.3, -0.25) is 9.59 Å². The Kier molecular flexibility index (Phi) is 5.91. The zero-order valence-corrected chi connectivity index (χ0v) is 18.8. The van der Waals surface area contributed by atoms with Crippen LogP contribution in [0.1, 0.15) is 5.56 Å². The first kappa shape index (κ1) is 21.5. The van der Waals surface area contributed by atoms with E-state index in [-0.39, 0.29) is 10.8 Å². The van der Waals surface area contributed by atoms with Crippen LogP contribution in [-0.4, -0.2) is 37.0 Å². The molecule has 1 aliphatic heterocycles. The molecule has 1 aliphatic rings. The summed E-state index contributed by atoms with van der Waals surface area (Å²) in [6.07, 6.45) is 1.67. The minimum Gasteiger partial charge on any atom is -0.497 e. The number of methoxy groups -OCH3 is 3. The van der Waals surface area contributed by atoms with E-state index in [0.717, 1.165) is 22.7 Å². The van der Waals surface area contributed by atoms with E-state index in [1.54, 1.807) is 63.3 Å². The molecule has 8 nitrogen and oxygen atoms in total. The topological polar surface area (TPSA) is 91.1 Å². The summed E-state index contributed by atoms with van der Waals surface area (Å²) in [7, 11) is 6.39. The molecule has 0 unspecified atom stereocenters. The van der Waals surface area contributed by atoms with Crippen LogP contribution in [0.5, 0.6) is 17.2 Å². The standard InChI is InChI=1S/C23H21N3O5S/c1-26-19-12-16(29-2)6-5-13(19)7-14(22(26)27)8-20-21(25-23(28)32-20)24-15-9-17(30-3)11-18(10-15)31-4/h5-12H,1-4H3,(H,24,25,28). The number of ether oxygens (including phenoxy) is 3. The monoisotopic (exact) mass is 451 g/mol. The quantitative estimate of drug-likeness (QED) is 0.628. The van der Waals surface area contributed by atoms with E-state index in [9.17, 15) is 9.59 Å². The van der Waals surface area contributed by atoms with Gasteiger partial charge in [-0.2, -0.15) is 0 Å². The second kappa shape index (κ2) is 8.80. The van der Waals surface area contributed by atoms with Gasteiger partial charge in [0.2, 0.25) is 0 Å². The normalized spacial score (nSPS) is 15.9. The molecule has 4 rings (SSSR count). The summed E-state index contributed by atoms with van der Waals surface area (Å²) in [4.78, 5) is 30.2. The molecule has 1 aromatic heterocycles. The highest BCUT2D eigenvalue weighted by Crippen LogP contribution is 2.32. The molecule has 164 valence electrons. The number of benzene rings is 2. The maximum atomic E-state index is 13.0. The lowest BCUT2D eigenvalue weighted by atomic mass is 10.1. The van der Waals surface area contributed by atoms with Crippen LogP contribution in [0, 0.1) is 0 Å². The van der Waals surface area contributed by atoms with Crippen molar-refractivity contribution < 1.29 is 19.0 Å². The van der Waals surface area contributed by atoms with Crippen LogP contribution in [-0.2, 0) is 7.05 Å². The van der Waals surface area contributed by atoms with Crippen LogP contribution in [0.25, 0.3) is 17.0 Å². The SMILES string of the molecule is COc1cc(N=C2NC(=O)SC2=Cc2cc3ccc(OC)cc3n(C)c2=O)cc(OC)c1. The van der Waals surface area contributed by atoms with Crippen molar-refractivity contribution >= 4 is 45.5 Å². The number of pyridine rings is 1. The first-order valence-electron chi connectivity index (χ1n) is 9.62. The number of thioether (sulfide) groups is 1. The number of carbonyl (C=O) groups excluding carboxylic acids is 1. The fourth-order valence-electron chi connectivity index (χ4n) is 3.34. The first-order chi connectivity index (χ1) is 15.4. The van der Waals surface area contributed by atoms with Crippen LogP contribution in [0.15, 0.2) is 57.2 Å². The molecule has 1 amide bonds. The Labute approximate surface area is 188 Å². The average Bonchev–Trinajstić information content (AvgIpc) is 3.14.